The Hall–Kier alpha value is -0.230. The number of rotatable bonds is 6. The van der Waals surface area contributed by atoms with Crippen LogP contribution >= 0.6 is 38.6 Å². The molecule has 2 aromatic rings. The largest absolute Gasteiger partial charge is 0.309 e. The van der Waals surface area contributed by atoms with Gasteiger partial charge in [-0.1, -0.05) is 6.92 Å². The standard InChI is InChI=1S/C13H17BrN2S2/c1-3-4-15-11(12-5-10(14)8-17-12)6-13-16-9(2)7-18-13/h5,7-8,11,15H,3-4,6H2,1-2H3. The Morgan fingerprint density at radius 1 is 1.39 bits per heavy atom. The Bertz CT molecular complexity index is 493. The molecule has 1 unspecified atom stereocenters. The Labute approximate surface area is 125 Å². The summed E-state index contributed by atoms with van der Waals surface area (Å²) < 4.78 is 1.17. The lowest BCUT2D eigenvalue weighted by Gasteiger charge is -2.15. The van der Waals surface area contributed by atoms with Crippen molar-refractivity contribution in [2.75, 3.05) is 6.54 Å². The first-order valence-corrected chi connectivity index (χ1v) is 8.62. The van der Waals surface area contributed by atoms with E-state index in [-0.39, 0.29) is 0 Å². The van der Waals surface area contributed by atoms with E-state index in [2.05, 4.69) is 56.9 Å². The van der Waals surface area contributed by atoms with E-state index in [1.165, 1.54) is 14.4 Å². The molecule has 18 heavy (non-hydrogen) atoms. The van der Waals surface area contributed by atoms with Crippen LogP contribution in [0.2, 0.25) is 0 Å². The molecule has 2 heterocycles. The fourth-order valence-corrected chi connectivity index (χ4v) is 4.11. The second kappa shape index (κ2) is 6.80. The summed E-state index contributed by atoms with van der Waals surface area (Å²) in [6, 6.07) is 2.59. The number of aryl methyl sites for hydroxylation is 1. The molecular weight excluding hydrogens is 328 g/mol. The number of nitrogens with one attached hydrogen (secondary N) is 1. The second-order valence-electron chi connectivity index (χ2n) is 4.26. The number of hydrogen-bond donors (Lipinski definition) is 1. The summed E-state index contributed by atoms with van der Waals surface area (Å²) in [6.07, 6.45) is 2.13. The van der Waals surface area contributed by atoms with Crippen molar-refractivity contribution in [2.24, 2.45) is 0 Å². The molecule has 2 nitrogen and oxygen atoms in total. The molecule has 0 saturated carbocycles. The summed E-state index contributed by atoms with van der Waals surface area (Å²) in [5.74, 6) is 0. The van der Waals surface area contributed by atoms with Gasteiger partial charge in [0.15, 0.2) is 0 Å². The smallest absolute Gasteiger partial charge is 0.0947 e. The molecule has 0 bridgehead atoms. The summed E-state index contributed by atoms with van der Waals surface area (Å²) >= 11 is 7.08. The van der Waals surface area contributed by atoms with Crippen molar-refractivity contribution in [3.8, 4) is 0 Å². The van der Waals surface area contributed by atoms with E-state index < -0.39 is 0 Å². The minimum Gasteiger partial charge on any atom is -0.309 e. The van der Waals surface area contributed by atoms with Gasteiger partial charge in [0.05, 0.1) is 5.01 Å². The van der Waals surface area contributed by atoms with Crippen LogP contribution in [-0.4, -0.2) is 11.5 Å². The van der Waals surface area contributed by atoms with Crippen LogP contribution < -0.4 is 5.32 Å². The lowest BCUT2D eigenvalue weighted by molar-refractivity contribution is 0.535. The topological polar surface area (TPSA) is 24.9 Å². The SMILES string of the molecule is CCCNC(Cc1nc(C)cs1)c1cc(Br)cs1. The fourth-order valence-electron chi connectivity index (χ4n) is 1.77. The maximum absolute atomic E-state index is 4.56. The molecule has 0 spiro atoms. The maximum atomic E-state index is 4.56. The number of aromatic nitrogens is 1. The Morgan fingerprint density at radius 2 is 2.22 bits per heavy atom. The molecule has 2 rings (SSSR count). The third-order valence-corrected chi connectivity index (χ3v) is 5.41. The van der Waals surface area contributed by atoms with Crippen LogP contribution in [0.3, 0.4) is 0 Å². The fraction of sp³-hybridized carbons (Fsp3) is 0.462. The Balaban J connectivity index is 2.09. The molecule has 1 N–H and O–H groups in total. The summed E-state index contributed by atoms with van der Waals surface area (Å²) in [6.45, 7) is 5.29. The van der Waals surface area contributed by atoms with Gasteiger partial charge in [-0.25, -0.2) is 4.98 Å². The number of thiazole rings is 1. The maximum Gasteiger partial charge on any atom is 0.0947 e. The third-order valence-electron chi connectivity index (χ3n) is 2.62. The van der Waals surface area contributed by atoms with Gasteiger partial charge in [0.1, 0.15) is 0 Å². The summed E-state index contributed by atoms with van der Waals surface area (Å²) in [7, 11) is 0. The van der Waals surface area contributed by atoms with Crippen LogP contribution in [0.4, 0.5) is 0 Å². The molecule has 5 heteroatoms. The van der Waals surface area contributed by atoms with E-state index in [1.54, 1.807) is 22.7 Å². The first kappa shape index (κ1) is 14.2. The third kappa shape index (κ3) is 3.88. The highest BCUT2D eigenvalue weighted by atomic mass is 79.9. The highest BCUT2D eigenvalue weighted by molar-refractivity contribution is 9.10. The zero-order valence-electron chi connectivity index (χ0n) is 10.6. The predicted molar refractivity (Wildman–Crippen MR) is 83.6 cm³/mol. The van der Waals surface area contributed by atoms with E-state index in [4.69, 9.17) is 0 Å². The normalized spacial score (nSPS) is 12.8. The van der Waals surface area contributed by atoms with Crippen molar-refractivity contribution < 1.29 is 0 Å². The van der Waals surface area contributed by atoms with Crippen LogP contribution in [-0.2, 0) is 6.42 Å². The second-order valence-corrected chi connectivity index (χ2v) is 7.06. The monoisotopic (exact) mass is 344 g/mol. The van der Waals surface area contributed by atoms with Crippen molar-refractivity contribution >= 4 is 38.6 Å². The van der Waals surface area contributed by atoms with Crippen molar-refractivity contribution in [1.29, 1.82) is 0 Å². The molecule has 0 saturated heterocycles. The van der Waals surface area contributed by atoms with E-state index in [0.717, 1.165) is 25.1 Å². The molecule has 2 aromatic heterocycles. The molecule has 0 fully saturated rings. The molecule has 1 atom stereocenters. The highest BCUT2D eigenvalue weighted by Gasteiger charge is 2.15. The zero-order valence-corrected chi connectivity index (χ0v) is 13.8. The van der Waals surface area contributed by atoms with Crippen LogP contribution in [0.25, 0.3) is 0 Å². The molecule has 0 aliphatic heterocycles. The van der Waals surface area contributed by atoms with Gasteiger partial charge in [0.25, 0.3) is 0 Å². The average Bonchev–Trinajstić information content (AvgIpc) is 2.93. The Morgan fingerprint density at radius 3 is 2.78 bits per heavy atom. The first-order valence-electron chi connectivity index (χ1n) is 6.07. The van der Waals surface area contributed by atoms with Gasteiger partial charge in [-0.05, 0) is 41.9 Å². The summed E-state index contributed by atoms with van der Waals surface area (Å²) in [5, 5.41) is 9.09. The molecule has 0 amide bonds. The summed E-state index contributed by atoms with van der Waals surface area (Å²) in [4.78, 5) is 5.94. The van der Waals surface area contributed by atoms with Gasteiger partial charge in [0.2, 0.25) is 0 Å². The number of halogens is 1. The number of thiophene rings is 1. The van der Waals surface area contributed by atoms with Crippen LogP contribution in [0.5, 0.6) is 0 Å². The number of nitrogens with zero attached hydrogens (tertiary/aromatic N) is 1. The van der Waals surface area contributed by atoms with Crippen molar-refractivity contribution in [3.63, 3.8) is 0 Å². The van der Waals surface area contributed by atoms with Gasteiger partial charge in [0, 0.05) is 38.3 Å². The van der Waals surface area contributed by atoms with Gasteiger partial charge in [-0.2, -0.15) is 0 Å². The quantitative estimate of drug-likeness (QED) is 0.830. The van der Waals surface area contributed by atoms with Crippen molar-refractivity contribution in [1.82, 2.24) is 10.3 Å². The van der Waals surface area contributed by atoms with E-state index in [9.17, 15) is 0 Å². The minimum atomic E-state index is 0.381. The lowest BCUT2D eigenvalue weighted by atomic mass is 10.1. The molecular formula is C13H17BrN2S2. The van der Waals surface area contributed by atoms with Crippen molar-refractivity contribution in [2.45, 2.75) is 32.7 Å². The predicted octanol–water partition coefficient (Wildman–Crippen LogP) is 4.56. The zero-order chi connectivity index (χ0) is 13.0. The highest BCUT2D eigenvalue weighted by Crippen LogP contribution is 2.28. The van der Waals surface area contributed by atoms with E-state index >= 15 is 0 Å². The average molecular weight is 345 g/mol. The first-order chi connectivity index (χ1) is 8.69. The lowest BCUT2D eigenvalue weighted by Crippen LogP contribution is -2.23. The molecule has 0 radical (unpaired) electrons. The van der Waals surface area contributed by atoms with Gasteiger partial charge >= 0.3 is 0 Å². The van der Waals surface area contributed by atoms with Crippen molar-refractivity contribution in [3.05, 3.63) is 36.9 Å². The van der Waals surface area contributed by atoms with Gasteiger partial charge < -0.3 is 5.32 Å². The summed E-state index contributed by atoms with van der Waals surface area (Å²) in [5.41, 5.74) is 1.12. The van der Waals surface area contributed by atoms with E-state index in [0.29, 0.717) is 6.04 Å². The van der Waals surface area contributed by atoms with Gasteiger partial charge in [-0.3, -0.25) is 0 Å². The van der Waals surface area contributed by atoms with Crippen LogP contribution in [0.1, 0.15) is 35.0 Å². The molecule has 0 aliphatic rings. The molecule has 0 aliphatic carbocycles. The Kier molecular flexibility index (Phi) is 5.36. The van der Waals surface area contributed by atoms with E-state index in [1.807, 2.05) is 0 Å². The van der Waals surface area contributed by atoms with Crippen LogP contribution in [0.15, 0.2) is 21.3 Å². The van der Waals surface area contributed by atoms with Gasteiger partial charge in [-0.15, -0.1) is 22.7 Å². The van der Waals surface area contributed by atoms with Crippen LogP contribution in [0, 0.1) is 6.92 Å². The minimum absolute atomic E-state index is 0.381. The number of hydrogen-bond acceptors (Lipinski definition) is 4. The molecule has 0 aromatic carbocycles. The molecule has 98 valence electrons.